The highest BCUT2D eigenvalue weighted by Gasteiger charge is 2.15. The van der Waals surface area contributed by atoms with Crippen LogP contribution in [0.3, 0.4) is 0 Å². The van der Waals surface area contributed by atoms with Gasteiger partial charge in [0.05, 0.1) is 17.2 Å². The van der Waals surface area contributed by atoms with Crippen LogP contribution in [0.15, 0.2) is 24.4 Å². The Bertz CT molecular complexity index is 805. The topological polar surface area (TPSA) is 30.7 Å². The molecule has 0 N–H and O–H groups in total. The van der Waals surface area contributed by atoms with Crippen molar-refractivity contribution in [3.63, 3.8) is 0 Å². The minimum absolute atomic E-state index is 0.577. The average Bonchev–Trinajstić information content (AvgIpc) is 2.82. The summed E-state index contributed by atoms with van der Waals surface area (Å²) in [6, 6.07) is 5.92. The fraction of sp³-hybridized carbons (Fsp3) is 0.444. The van der Waals surface area contributed by atoms with Gasteiger partial charge in [0, 0.05) is 23.4 Å². The van der Waals surface area contributed by atoms with Gasteiger partial charge in [0.2, 0.25) is 0 Å². The smallest absolute Gasteiger partial charge is 0.109 e. The molecule has 2 heterocycles. The number of rotatable bonds is 5. The molecule has 0 unspecified atom stereocenters. The molecule has 3 nitrogen and oxygen atoms in total. The van der Waals surface area contributed by atoms with Crippen LogP contribution in [-0.2, 0) is 13.0 Å². The van der Waals surface area contributed by atoms with Crippen LogP contribution in [0.4, 0.5) is 0 Å². The molecule has 1 aromatic carbocycles. The molecule has 0 radical (unpaired) electrons. The molecule has 0 aliphatic rings. The maximum Gasteiger partial charge on any atom is 0.109 e. The van der Waals surface area contributed by atoms with Gasteiger partial charge < -0.3 is 4.57 Å². The summed E-state index contributed by atoms with van der Waals surface area (Å²) in [6.07, 6.45) is 5.24. The van der Waals surface area contributed by atoms with Crippen LogP contribution >= 0.6 is 11.6 Å². The largest absolute Gasteiger partial charge is 0.327 e. The Morgan fingerprint density at radius 2 is 2.05 bits per heavy atom. The number of hydrogen-bond acceptors (Lipinski definition) is 2. The lowest BCUT2D eigenvalue weighted by atomic mass is 10.1. The lowest BCUT2D eigenvalue weighted by Crippen LogP contribution is -2.09. The van der Waals surface area contributed by atoms with Gasteiger partial charge in [-0.3, -0.25) is 4.98 Å². The van der Waals surface area contributed by atoms with Crippen LogP contribution in [0.2, 0.25) is 5.02 Å². The number of halogens is 1. The van der Waals surface area contributed by atoms with Crippen LogP contribution in [0, 0.1) is 5.92 Å². The quantitative estimate of drug-likeness (QED) is 0.645. The number of nitrogens with zero attached hydrogens (tertiary/aromatic N) is 3. The highest BCUT2D eigenvalue weighted by Crippen LogP contribution is 2.28. The summed E-state index contributed by atoms with van der Waals surface area (Å²) in [5.41, 5.74) is 3.12. The van der Waals surface area contributed by atoms with E-state index in [0.717, 1.165) is 34.4 Å². The second kappa shape index (κ2) is 6.25. The van der Waals surface area contributed by atoms with Crippen molar-refractivity contribution in [1.82, 2.24) is 14.5 Å². The van der Waals surface area contributed by atoms with E-state index < -0.39 is 0 Å². The lowest BCUT2D eigenvalue weighted by molar-refractivity contribution is 0.513. The van der Waals surface area contributed by atoms with E-state index in [1.54, 1.807) is 0 Å². The van der Waals surface area contributed by atoms with Crippen molar-refractivity contribution in [3.8, 4) is 0 Å². The summed E-state index contributed by atoms with van der Waals surface area (Å²) >= 11 is 6.11. The third-order valence-electron chi connectivity index (χ3n) is 3.92. The number of pyridine rings is 1. The molecule has 0 saturated heterocycles. The van der Waals surface area contributed by atoms with Crippen molar-refractivity contribution >= 4 is 33.5 Å². The number of unbranched alkanes of at least 4 members (excludes halogenated alkanes) is 1. The van der Waals surface area contributed by atoms with Gasteiger partial charge in [-0.05, 0) is 30.5 Å². The maximum atomic E-state index is 6.11. The molecule has 0 aliphatic carbocycles. The summed E-state index contributed by atoms with van der Waals surface area (Å²) in [7, 11) is 0. The Labute approximate surface area is 136 Å². The summed E-state index contributed by atoms with van der Waals surface area (Å²) in [5.74, 6) is 1.75. The van der Waals surface area contributed by atoms with Crippen LogP contribution in [0.1, 0.15) is 39.4 Å². The van der Waals surface area contributed by atoms with Crippen LogP contribution in [0.5, 0.6) is 0 Å². The van der Waals surface area contributed by atoms with Crippen molar-refractivity contribution < 1.29 is 0 Å². The molecule has 0 amide bonds. The van der Waals surface area contributed by atoms with Crippen molar-refractivity contribution in [2.45, 2.75) is 46.6 Å². The predicted molar refractivity (Wildman–Crippen MR) is 93.5 cm³/mol. The zero-order valence-electron chi connectivity index (χ0n) is 13.4. The normalized spacial score (nSPS) is 11.9. The lowest BCUT2D eigenvalue weighted by Gasteiger charge is -2.12. The molecule has 3 aromatic rings. The Kier molecular flexibility index (Phi) is 4.34. The second-order valence-corrected chi connectivity index (χ2v) is 6.73. The van der Waals surface area contributed by atoms with E-state index in [9.17, 15) is 0 Å². The van der Waals surface area contributed by atoms with Crippen molar-refractivity contribution in [2.24, 2.45) is 5.92 Å². The monoisotopic (exact) mass is 315 g/mol. The predicted octanol–water partition coefficient (Wildman–Crippen LogP) is 5.24. The Morgan fingerprint density at radius 1 is 1.23 bits per heavy atom. The zero-order chi connectivity index (χ0) is 15.7. The number of fused-ring (bicyclic) bond motifs is 3. The van der Waals surface area contributed by atoms with E-state index in [0.29, 0.717) is 5.92 Å². The van der Waals surface area contributed by atoms with Gasteiger partial charge in [0.1, 0.15) is 11.3 Å². The van der Waals surface area contributed by atoms with Gasteiger partial charge in [-0.25, -0.2) is 4.98 Å². The minimum atomic E-state index is 0.577. The Hall–Kier alpha value is -1.61. The van der Waals surface area contributed by atoms with Gasteiger partial charge in [-0.1, -0.05) is 38.8 Å². The molecule has 0 bridgehead atoms. The first-order chi connectivity index (χ1) is 10.6. The minimum Gasteiger partial charge on any atom is -0.327 e. The van der Waals surface area contributed by atoms with E-state index >= 15 is 0 Å². The van der Waals surface area contributed by atoms with Gasteiger partial charge in [0.25, 0.3) is 0 Å². The molecule has 0 saturated carbocycles. The standard InChI is InChI=1S/C18H22ClN3/c1-4-5-6-17-21-16-10-20-15-9-13(19)7-8-14(15)18(16)22(17)11-12(2)3/h7-10,12H,4-6,11H2,1-3H3. The summed E-state index contributed by atoms with van der Waals surface area (Å²) in [5, 5.41) is 1.86. The summed E-state index contributed by atoms with van der Waals surface area (Å²) in [4.78, 5) is 9.37. The molecule has 0 fully saturated rings. The SMILES string of the molecule is CCCCc1nc2cnc3cc(Cl)ccc3c2n1CC(C)C. The maximum absolute atomic E-state index is 6.11. The van der Waals surface area contributed by atoms with Gasteiger partial charge >= 0.3 is 0 Å². The van der Waals surface area contributed by atoms with Gasteiger partial charge in [-0.15, -0.1) is 0 Å². The van der Waals surface area contributed by atoms with Crippen molar-refractivity contribution in [1.29, 1.82) is 0 Å². The molecule has 22 heavy (non-hydrogen) atoms. The van der Waals surface area contributed by atoms with Crippen LogP contribution in [-0.4, -0.2) is 14.5 Å². The molecule has 4 heteroatoms. The molecular weight excluding hydrogens is 294 g/mol. The molecule has 0 atom stereocenters. The molecule has 3 rings (SSSR count). The molecular formula is C18H22ClN3. The first-order valence-corrected chi connectivity index (χ1v) is 8.41. The first-order valence-electron chi connectivity index (χ1n) is 8.03. The van der Waals surface area contributed by atoms with E-state index in [4.69, 9.17) is 16.6 Å². The molecule has 0 aliphatic heterocycles. The highest BCUT2D eigenvalue weighted by molar-refractivity contribution is 6.31. The van der Waals surface area contributed by atoms with E-state index in [1.165, 1.54) is 24.2 Å². The highest BCUT2D eigenvalue weighted by atomic mass is 35.5. The molecule has 0 spiro atoms. The molecule has 2 aromatic heterocycles. The third-order valence-corrected chi connectivity index (χ3v) is 4.15. The van der Waals surface area contributed by atoms with Crippen molar-refractivity contribution in [2.75, 3.05) is 0 Å². The zero-order valence-corrected chi connectivity index (χ0v) is 14.2. The van der Waals surface area contributed by atoms with Gasteiger partial charge in [0.15, 0.2) is 0 Å². The summed E-state index contributed by atoms with van der Waals surface area (Å²) < 4.78 is 2.38. The van der Waals surface area contributed by atoms with E-state index in [1.807, 2.05) is 18.3 Å². The Morgan fingerprint density at radius 3 is 2.77 bits per heavy atom. The second-order valence-electron chi connectivity index (χ2n) is 6.29. The van der Waals surface area contributed by atoms with Crippen LogP contribution < -0.4 is 0 Å². The van der Waals surface area contributed by atoms with Gasteiger partial charge in [-0.2, -0.15) is 0 Å². The molecule has 116 valence electrons. The average molecular weight is 316 g/mol. The van der Waals surface area contributed by atoms with Crippen LogP contribution in [0.25, 0.3) is 21.9 Å². The number of hydrogen-bond donors (Lipinski definition) is 0. The number of imidazole rings is 1. The number of benzene rings is 1. The van der Waals surface area contributed by atoms with E-state index in [2.05, 4.69) is 36.4 Å². The van der Waals surface area contributed by atoms with E-state index in [-0.39, 0.29) is 0 Å². The van der Waals surface area contributed by atoms with Crippen molar-refractivity contribution in [3.05, 3.63) is 35.2 Å². The summed E-state index contributed by atoms with van der Waals surface area (Å²) in [6.45, 7) is 7.69. The fourth-order valence-corrected chi connectivity index (χ4v) is 3.09. The number of aromatic nitrogens is 3. The third kappa shape index (κ3) is 2.82. The fourth-order valence-electron chi connectivity index (χ4n) is 2.92. The number of aryl methyl sites for hydroxylation is 1. The first kappa shape index (κ1) is 15.3. The Balaban J connectivity index is 2.26.